The number of hydrogen-bond acceptors (Lipinski definition) is 4. The van der Waals surface area contributed by atoms with E-state index in [1.807, 2.05) is 78.9 Å². The van der Waals surface area contributed by atoms with Crippen LogP contribution in [0.15, 0.2) is 103 Å². The number of hydrogen-bond donors (Lipinski definition) is 2. The first-order valence-electron chi connectivity index (χ1n) is 13.9. The van der Waals surface area contributed by atoms with Crippen molar-refractivity contribution in [2.75, 3.05) is 12.0 Å². The summed E-state index contributed by atoms with van der Waals surface area (Å²) in [5.74, 6) is -0.00975. The number of ether oxygens (including phenoxy) is 1. The highest BCUT2D eigenvalue weighted by atomic mass is 16.5. The van der Waals surface area contributed by atoms with E-state index in [0.29, 0.717) is 18.7 Å². The highest BCUT2D eigenvalue weighted by molar-refractivity contribution is 6.24. The van der Waals surface area contributed by atoms with Crippen LogP contribution in [0.5, 0.6) is 5.75 Å². The van der Waals surface area contributed by atoms with Crippen molar-refractivity contribution in [2.45, 2.75) is 25.0 Å². The van der Waals surface area contributed by atoms with Gasteiger partial charge in [-0.2, -0.15) is 0 Å². The van der Waals surface area contributed by atoms with Crippen LogP contribution in [-0.4, -0.2) is 40.9 Å². The number of H-pyrrole nitrogens is 1. The fourth-order valence-corrected chi connectivity index (χ4v) is 6.16. The van der Waals surface area contributed by atoms with Crippen LogP contribution in [0.25, 0.3) is 10.9 Å². The zero-order chi connectivity index (χ0) is 28.8. The number of aromatic nitrogens is 1. The van der Waals surface area contributed by atoms with Crippen molar-refractivity contribution in [1.29, 1.82) is 0 Å². The van der Waals surface area contributed by atoms with Gasteiger partial charge >= 0.3 is 6.03 Å². The van der Waals surface area contributed by atoms with Crippen molar-refractivity contribution in [1.82, 2.24) is 15.2 Å². The quantitative estimate of drug-likeness (QED) is 0.267. The SMILES string of the molecule is COc1ccc([C@H]2c3[nH]c4ccccc4c3C[C@H]3C(=O)N(c4ccccc4C(=O)NCc4ccccc4)C(=O)N23)cc1. The van der Waals surface area contributed by atoms with E-state index in [2.05, 4.69) is 10.3 Å². The molecule has 0 bridgehead atoms. The molecule has 2 N–H and O–H groups in total. The van der Waals surface area contributed by atoms with E-state index in [0.717, 1.165) is 33.3 Å². The summed E-state index contributed by atoms with van der Waals surface area (Å²) in [6.45, 7) is 0.325. The molecule has 8 nitrogen and oxygen atoms in total. The maximum atomic E-state index is 14.3. The van der Waals surface area contributed by atoms with Gasteiger partial charge in [-0.25, -0.2) is 9.69 Å². The van der Waals surface area contributed by atoms with Crippen molar-refractivity contribution in [3.05, 3.63) is 131 Å². The van der Waals surface area contributed by atoms with Crippen LogP contribution in [0.4, 0.5) is 10.5 Å². The fourth-order valence-electron chi connectivity index (χ4n) is 6.16. The summed E-state index contributed by atoms with van der Waals surface area (Å²) in [7, 11) is 1.61. The molecule has 1 fully saturated rings. The summed E-state index contributed by atoms with van der Waals surface area (Å²) in [4.78, 5) is 48.2. The summed E-state index contributed by atoms with van der Waals surface area (Å²) in [6, 6.07) is 30.2. The van der Waals surface area contributed by atoms with Gasteiger partial charge in [0.15, 0.2) is 0 Å². The number of benzene rings is 4. The molecule has 1 saturated heterocycles. The average Bonchev–Trinajstić information content (AvgIpc) is 3.53. The van der Waals surface area contributed by atoms with Crippen LogP contribution in [0.3, 0.4) is 0 Å². The lowest BCUT2D eigenvalue weighted by Gasteiger charge is -2.36. The average molecular weight is 557 g/mol. The summed E-state index contributed by atoms with van der Waals surface area (Å²) in [5.41, 5.74) is 5.20. The lowest BCUT2D eigenvalue weighted by atomic mass is 9.89. The topological polar surface area (TPSA) is 94.7 Å². The molecule has 0 spiro atoms. The van der Waals surface area contributed by atoms with Crippen LogP contribution >= 0.6 is 0 Å². The summed E-state index contributed by atoms with van der Waals surface area (Å²) in [6.07, 6.45) is 0.370. The first-order valence-corrected chi connectivity index (χ1v) is 13.9. The van der Waals surface area contributed by atoms with Crippen LogP contribution in [0.2, 0.25) is 0 Å². The number of imide groups is 1. The number of fused-ring (bicyclic) bond motifs is 4. The minimum atomic E-state index is -0.725. The van der Waals surface area contributed by atoms with Gasteiger partial charge in [0, 0.05) is 29.6 Å². The number of urea groups is 1. The lowest BCUT2D eigenvalue weighted by Crippen LogP contribution is -2.44. The molecule has 208 valence electrons. The molecule has 0 saturated carbocycles. The number of rotatable bonds is 6. The van der Waals surface area contributed by atoms with Gasteiger partial charge in [0.05, 0.1) is 18.4 Å². The Balaban J connectivity index is 1.29. The van der Waals surface area contributed by atoms with Crippen molar-refractivity contribution in [3.63, 3.8) is 0 Å². The molecule has 7 rings (SSSR count). The fraction of sp³-hybridized carbons (Fsp3) is 0.147. The number of aromatic amines is 1. The standard InChI is InChI=1S/C34H28N4O4/c1-42-23-17-15-22(16-18-23)31-30-26(24-11-5-7-13-27(24)36-30)19-29-33(40)38(34(41)37(29)31)28-14-8-6-12-25(28)32(39)35-20-21-9-3-2-4-10-21/h2-18,29,31,36H,19-20H2,1H3,(H,35,39)/t29-,31-/m0/s1. The molecule has 0 aliphatic carbocycles. The van der Waals surface area contributed by atoms with Gasteiger partial charge in [-0.3, -0.25) is 14.5 Å². The number of methoxy groups -OCH3 is 1. The predicted molar refractivity (Wildman–Crippen MR) is 159 cm³/mol. The molecule has 0 radical (unpaired) electrons. The summed E-state index contributed by atoms with van der Waals surface area (Å²) >= 11 is 0. The van der Waals surface area contributed by atoms with E-state index < -0.39 is 18.1 Å². The second-order valence-electron chi connectivity index (χ2n) is 10.5. The Morgan fingerprint density at radius 1 is 0.905 bits per heavy atom. The highest BCUT2D eigenvalue weighted by Crippen LogP contribution is 2.45. The number of nitrogens with one attached hydrogen (secondary N) is 2. The Kier molecular flexibility index (Phi) is 6.23. The van der Waals surface area contributed by atoms with Crippen LogP contribution < -0.4 is 15.0 Å². The van der Waals surface area contributed by atoms with Crippen molar-refractivity contribution >= 4 is 34.4 Å². The molecule has 4 amide bonds. The van der Waals surface area contributed by atoms with Crippen LogP contribution in [0.1, 0.15) is 38.8 Å². The van der Waals surface area contributed by atoms with Gasteiger partial charge in [-0.15, -0.1) is 0 Å². The molecule has 4 aromatic carbocycles. The third kappa shape index (κ3) is 4.11. The summed E-state index contributed by atoms with van der Waals surface area (Å²) < 4.78 is 5.37. The zero-order valence-corrected chi connectivity index (χ0v) is 22.9. The number of carbonyl (C=O) groups excluding carboxylic acids is 3. The molecular formula is C34H28N4O4. The molecular weight excluding hydrogens is 528 g/mol. The second kappa shape index (κ2) is 10.2. The van der Waals surface area contributed by atoms with Gasteiger partial charge < -0.3 is 15.0 Å². The Morgan fingerprint density at radius 2 is 1.62 bits per heavy atom. The molecule has 2 atom stereocenters. The molecule has 8 heteroatoms. The molecule has 42 heavy (non-hydrogen) atoms. The number of nitrogens with zero attached hydrogens (tertiary/aromatic N) is 2. The normalized spacial score (nSPS) is 17.7. The monoisotopic (exact) mass is 556 g/mol. The lowest BCUT2D eigenvalue weighted by molar-refractivity contribution is -0.120. The Labute approximate surface area is 242 Å². The maximum absolute atomic E-state index is 14.3. The zero-order valence-electron chi connectivity index (χ0n) is 22.9. The highest BCUT2D eigenvalue weighted by Gasteiger charge is 2.53. The van der Waals surface area contributed by atoms with Gasteiger partial charge in [-0.1, -0.05) is 72.8 Å². The minimum absolute atomic E-state index is 0.264. The van der Waals surface area contributed by atoms with Gasteiger partial charge in [0.1, 0.15) is 17.8 Å². The van der Waals surface area contributed by atoms with E-state index >= 15 is 0 Å². The smallest absolute Gasteiger partial charge is 0.332 e. The second-order valence-corrected chi connectivity index (χ2v) is 10.5. The number of para-hydroxylation sites is 2. The van der Waals surface area contributed by atoms with Crippen LogP contribution in [0, 0.1) is 0 Å². The minimum Gasteiger partial charge on any atom is -0.497 e. The largest absolute Gasteiger partial charge is 0.497 e. The Hall–Kier alpha value is -5.37. The third-order valence-corrected chi connectivity index (χ3v) is 8.17. The molecule has 5 aromatic rings. The molecule has 3 heterocycles. The van der Waals surface area contributed by atoms with Crippen molar-refractivity contribution < 1.29 is 19.1 Å². The molecule has 2 aliphatic heterocycles. The molecule has 0 unspecified atom stereocenters. The first-order chi connectivity index (χ1) is 20.5. The van der Waals surface area contributed by atoms with E-state index in [9.17, 15) is 14.4 Å². The van der Waals surface area contributed by atoms with E-state index in [1.165, 1.54) is 4.90 Å². The van der Waals surface area contributed by atoms with E-state index in [1.54, 1.807) is 36.3 Å². The van der Waals surface area contributed by atoms with Crippen molar-refractivity contribution in [3.8, 4) is 5.75 Å². The van der Waals surface area contributed by atoms with Crippen LogP contribution in [-0.2, 0) is 17.8 Å². The molecule has 1 aromatic heterocycles. The van der Waals surface area contributed by atoms with Gasteiger partial charge in [0.2, 0.25) is 0 Å². The first kappa shape index (κ1) is 25.6. The third-order valence-electron chi connectivity index (χ3n) is 8.17. The number of amides is 4. The van der Waals surface area contributed by atoms with E-state index in [4.69, 9.17) is 4.74 Å². The number of carbonyl (C=O) groups is 3. The van der Waals surface area contributed by atoms with Gasteiger partial charge in [-0.05, 0) is 47.0 Å². The number of anilines is 1. The predicted octanol–water partition coefficient (Wildman–Crippen LogP) is 5.59. The Morgan fingerprint density at radius 3 is 2.40 bits per heavy atom. The summed E-state index contributed by atoms with van der Waals surface area (Å²) in [5, 5.41) is 3.96. The van der Waals surface area contributed by atoms with Crippen molar-refractivity contribution in [2.24, 2.45) is 0 Å². The van der Waals surface area contributed by atoms with E-state index in [-0.39, 0.29) is 23.1 Å². The Bertz CT molecular complexity index is 1830. The molecule has 2 aliphatic rings. The maximum Gasteiger partial charge on any atom is 0.332 e. The van der Waals surface area contributed by atoms with Gasteiger partial charge in [0.25, 0.3) is 11.8 Å².